The van der Waals surface area contributed by atoms with Crippen molar-refractivity contribution in [3.63, 3.8) is 0 Å². The smallest absolute Gasteiger partial charge is 0.240 e. The fourth-order valence-electron chi connectivity index (χ4n) is 1.86. The van der Waals surface area contributed by atoms with Crippen molar-refractivity contribution in [3.8, 4) is 0 Å². The van der Waals surface area contributed by atoms with E-state index in [1.807, 2.05) is 16.9 Å². The molecule has 0 spiro atoms. The van der Waals surface area contributed by atoms with E-state index in [0.29, 0.717) is 24.4 Å². The average Bonchev–Trinajstić information content (AvgIpc) is 2.90. The number of rotatable bonds is 6. The molecule has 0 aromatic carbocycles. The second kappa shape index (κ2) is 4.89. The summed E-state index contributed by atoms with van der Waals surface area (Å²) in [4.78, 5) is 4.38. The molecule has 2 aromatic heterocycles. The van der Waals surface area contributed by atoms with Gasteiger partial charge in [-0.15, -0.1) is 0 Å². The molecule has 0 saturated heterocycles. The Labute approximate surface area is 105 Å². The van der Waals surface area contributed by atoms with E-state index in [9.17, 15) is 0 Å². The van der Waals surface area contributed by atoms with Crippen molar-refractivity contribution in [3.05, 3.63) is 30.2 Å². The summed E-state index contributed by atoms with van der Waals surface area (Å²) in [5.41, 5.74) is 0. The van der Waals surface area contributed by atoms with Crippen LogP contribution in [0.15, 0.2) is 23.0 Å². The van der Waals surface area contributed by atoms with Gasteiger partial charge in [0.2, 0.25) is 5.89 Å². The highest BCUT2D eigenvalue weighted by atomic mass is 16.5. The van der Waals surface area contributed by atoms with Crippen LogP contribution in [0.2, 0.25) is 0 Å². The maximum Gasteiger partial charge on any atom is 0.240 e. The van der Waals surface area contributed by atoms with Gasteiger partial charge in [0, 0.05) is 24.4 Å². The average molecular weight is 247 g/mol. The Morgan fingerprint density at radius 2 is 2.44 bits per heavy atom. The molecule has 1 saturated carbocycles. The van der Waals surface area contributed by atoms with E-state index in [-0.39, 0.29) is 0 Å². The topological polar surface area (TPSA) is 68.8 Å². The lowest BCUT2D eigenvalue weighted by Crippen LogP contribution is -2.30. The lowest BCUT2D eigenvalue weighted by Gasteiger charge is -2.11. The molecule has 0 unspecified atom stereocenters. The molecule has 1 atom stereocenters. The van der Waals surface area contributed by atoms with Crippen LogP contribution < -0.4 is 5.32 Å². The minimum Gasteiger partial charge on any atom is -0.338 e. The molecule has 1 fully saturated rings. The van der Waals surface area contributed by atoms with Gasteiger partial charge in [-0.1, -0.05) is 5.16 Å². The molecular weight excluding hydrogens is 230 g/mol. The third kappa shape index (κ3) is 2.76. The molecule has 18 heavy (non-hydrogen) atoms. The van der Waals surface area contributed by atoms with Gasteiger partial charge in [-0.05, 0) is 25.8 Å². The molecule has 0 aliphatic heterocycles. The molecule has 1 aliphatic rings. The second-order valence-electron chi connectivity index (χ2n) is 4.83. The van der Waals surface area contributed by atoms with Crippen molar-refractivity contribution in [1.29, 1.82) is 0 Å². The molecule has 2 aromatic rings. The molecule has 0 bridgehead atoms. The second-order valence-corrected chi connectivity index (χ2v) is 4.83. The van der Waals surface area contributed by atoms with Gasteiger partial charge in [0.15, 0.2) is 5.82 Å². The van der Waals surface area contributed by atoms with Crippen LogP contribution in [0, 0.1) is 0 Å². The Hall–Kier alpha value is -1.69. The van der Waals surface area contributed by atoms with E-state index in [1.54, 1.807) is 6.20 Å². The first-order valence-electron chi connectivity index (χ1n) is 6.34. The van der Waals surface area contributed by atoms with Crippen molar-refractivity contribution in [2.24, 2.45) is 0 Å². The van der Waals surface area contributed by atoms with E-state index in [1.165, 1.54) is 12.8 Å². The molecule has 0 amide bonds. The fraction of sp³-hybridized carbons (Fsp3) is 0.583. The van der Waals surface area contributed by atoms with Crippen LogP contribution in [0.3, 0.4) is 0 Å². The highest BCUT2D eigenvalue weighted by molar-refractivity contribution is 5.03. The van der Waals surface area contributed by atoms with Crippen LogP contribution in [0.4, 0.5) is 0 Å². The van der Waals surface area contributed by atoms with Gasteiger partial charge in [0.1, 0.15) is 0 Å². The van der Waals surface area contributed by atoms with Gasteiger partial charge in [-0.3, -0.25) is 4.68 Å². The Bertz CT molecular complexity index is 488. The van der Waals surface area contributed by atoms with Crippen LogP contribution in [0.25, 0.3) is 0 Å². The van der Waals surface area contributed by atoms with Crippen LogP contribution in [0.1, 0.15) is 37.4 Å². The van der Waals surface area contributed by atoms with Gasteiger partial charge in [0.05, 0.1) is 13.1 Å². The highest BCUT2D eigenvalue weighted by Crippen LogP contribution is 2.37. The normalized spacial score (nSPS) is 16.9. The Kier molecular flexibility index (Phi) is 3.10. The van der Waals surface area contributed by atoms with Crippen molar-refractivity contribution in [1.82, 2.24) is 25.2 Å². The zero-order chi connectivity index (χ0) is 12.4. The summed E-state index contributed by atoms with van der Waals surface area (Å²) in [6.07, 6.45) is 6.13. The lowest BCUT2D eigenvalue weighted by atomic mass is 10.3. The zero-order valence-corrected chi connectivity index (χ0v) is 10.4. The van der Waals surface area contributed by atoms with Gasteiger partial charge in [-0.2, -0.15) is 10.1 Å². The standard InChI is InChI=1S/C12H17N5O/c1-9(8-17-6-2-5-14-17)13-7-11-15-12(16-18-11)10-3-4-10/h2,5-6,9-10,13H,3-4,7-8H2,1H3/t9-/m0/s1. The predicted octanol–water partition coefficient (Wildman–Crippen LogP) is 1.32. The maximum atomic E-state index is 5.21. The van der Waals surface area contributed by atoms with Crippen LogP contribution in [0.5, 0.6) is 0 Å². The van der Waals surface area contributed by atoms with E-state index >= 15 is 0 Å². The van der Waals surface area contributed by atoms with Crippen LogP contribution in [-0.4, -0.2) is 26.0 Å². The predicted molar refractivity (Wildman–Crippen MR) is 64.8 cm³/mol. The molecule has 6 nitrogen and oxygen atoms in total. The summed E-state index contributed by atoms with van der Waals surface area (Å²) in [6, 6.07) is 2.23. The first kappa shape index (κ1) is 11.4. The van der Waals surface area contributed by atoms with Gasteiger partial charge < -0.3 is 9.84 Å². The number of aromatic nitrogens is 4. The van der Waals surface area contributed by atoms with E-state index in [2.05, 4.69) is 27.5 Å². The third-order valence-corrected chi connectivity index (χ3v) is 3.05. The summed E-state index contributed by atoms with van der Waals surface area (Å²) >= 11 is 0. The molecule has 6 heteroatoms. The fourth-order valence-corrected chi connectivity index (χ4v) is 1.86. The van der Waals surface area contributed by atoms with Gasteiger partial charge in [-0.25, -0.2) is 0 Å². The Balaban J connectivity index is 1.47. The van der Waals surface area contributed by atoms with E-state index in [0.717, 1.165) is 12.4 Å². The summed E-state index contributed by atoms with van der Waals surface area (Å²) < 4.78 is 7.11. The van der Waals surface area contributed by atoms with Crippen LogP contribution >= 0.6 is 0 Å². The highest BCUT2D eigenvalue weighted by Gasteiger charge is 2.28. The summed E-state index contributed by atoms with van der Waals surface area (Å²) in [5.74, 6) is 2.08. The molecule has 1 N–H and O–H groups in total. The van der Waals surface area contributed by atoms with E-state index < -0.39 is 0 Å². The molecule has 1 aliphatic carbocycles. The third-order valence-electron chi connectivity index (χ3n) is 3.05. The first-order valence-corrected chi connectivity index (χ1v) is 6.34. The summed E-state index contributed by atoms with van der Waals surface area (Å²) in [7, 11) is 0. The quantitative estimate of drug-likeness (QED) is 0.833. The Morgan fingerprint density at radius 3 is 3.17 bits per heavy atom. The molecule has 3 rings (SSSR count). The van der Waals surface area contributed by atoms with Crippen LogP contribution in [-0.2, 0) is 13.1 Å². The summed E-state index contributed by atoms with van der Waals surface area (Å²) in [6.45, 7) is 3.55. The molecular formula is C12H17N5O. The van der Waals surface area contributed by atoms with Crippen molar-refractivity contribution in [2.45, 2.75) is 44.8 Å². The van der Waals surface area contributed by atoms with Crippen molar-refractivity contribution in [2.75, 3.05) is 0 Å². The SMILES string of the molecule is C[C@@H](Cn1cccn1)NCc1nc(C2CC2)no1. The zero-order valence-electron chi connectivity index (χ0n) is 10.4. The molecule has 2 heterocycles. The van der Waals surface area contributed by atoms with Crippen molar-refractivity contribution < 1.29 is 4.52 Å². The number of nitrogens with one attached hydrogen (secondary N) is 1. The lowest BCUT2D eigenvalue weighted by molar-refractivity contribution is 0.347. The van der Waals surface area contributed by atoms with Gasteiger partial charge >= 0.3 is 0 Å². The van der Waals surface area contributed by atoms with E-state index in [4.69, 9.17) is 4.52 Å². The minimum atomic E-state index is 0.307. The van der Waals surface area contributed by atoms with Gasteiger partial charge in [0.25, 0.3) is 0 Å². The van der Waals surface area contributed by atoms with Crippen molar-refractivity contribution >= 4 is 0 Å². The number of nitrogens with zero attached hydrogens (tertiary/aromatic N) is 4. The number of hydrogen-bond donors (Lipinski definition) is 1. The first-order chi connectivity index (χ1) is 8.81. The summed E-state index contributed by atoms with van der Waals surface area (Å²) in [5, 5.41) is 11.5. The molecule has 96 valence electrons. The minimum absolute atomic E-state index is 0.307. The largest absolute Gasteiger partial charge is 0.338 e. The Morgan fingerprint density at radius 1 is 1.56 bits per heavy atom. The number of hydrogen-bond acceptors (Lipinski definition) is 5. The maximum absolute atomic E-state index is 5.21. The monoisotopic (exact) mass is 247 g/mol. The molecule has 0 radical (unpaired) electrons.